The highest BCUT2D eigenvalue weighted by atomic mass is 35.5. The van der Waals surface area contributed by atoms with E-state index in [4.69, 9.17) is 11.5 Å². The number of carbonyl (C=O) groups excluding carboxylic acids is 2. The van der Waals surface area contributed by atoms with Gasteiger partial charge in [-0.05, 0) is 49.2 Å². The van der Waals surface area contributed by atoms with E-state index >= 15 is 0 Å². The van der Waals surface area contributed by atoms with Crippen LogP contribution in [0.15, 0.2) is 48.5 Å². The third-order valence-electron chi connectivity index (χ3n) is 4.73. The second-order valence-corrected chi connectivity index (χ2v) is 6.71. The first-order valence-electron chi connectivity index (χ1n) is 8.79. The molecule has 1 unspecified atom stereocenters. The summed E-state index contributed by atoms with van der Waals surface area (Å²) in [6.45, 7) is 2.44. The summed E-state index contributed by atoms with van der Waals surface area (Å²) in [5.74, 6) is -0.497. The standard InChI is InChI=1S/C20H24N4O2.2ClH/c21-18-6-2-1-5-17(18)20(26)23-16-9-7-14(8-10-16)12-24-11-3-4-15(13-24)19(22)25;;/h1-2,5-10,15H,3-4,11-13,21H2,(H2,22,25)(H,23,26);2*1H. The third-order valence-corrected chi connectivity index (χ3v) is 4.73. The van der Waals surface area contributed by atoms with Crippen LogP contribution < -0.4 is 16.8 Å². The lowest BCUT2D eigenvalue weighted by Gasteiger charge is -2.31. The van der Waals surface area contributed by atoms with Crippen molar-refractivity contribution >= 4 is 48.0 Å². The van der Waals surface area contributed by atoms with E-state index in [0.717, 1.165) is 37.2 Å². The first-order chi connectivity index (χ1) is 12.5. The lowest BCUT2D eigenvalue weighted by Crippen LogP contribution is -2.40. The summed E-state index contributed by atoms with van der Waals surface area (Å²) >= 11 is 0. The molecule has 152 valence electrons. The van der Waals surface area contributed by atoms with Crippen molar-refractivity contribution in [1.82, 2.24) is 4.90 Å². The van der Waals surface area contributed by atoms with E-state index in [1.54, 1.807) is 24.3 Å². The van der Waals surface area contributed by atoms with Crippen LogP contribution in [0.2, 0.25) is 0 Å². The number of nitrogens with zero attached hydrogens (tertiary/aromatic N) is 1. The number of amides is 2. The quantitative estimate of drug-likeness (QED) is 0.641. The minimum Gasteiger partial charge on any atom is -0.398 e. The number of nitrogen functional groups attached to an aromatic ring is 1. The molecule has 0 aromatic heterocycles. The number of nitrogens with one attached hydrogen (secondary N) is 1. The molecule has 1 aliphatic heterocycles. The van der Waals surface area contributed by atoms with Crippen molar-refractivity contribution in [1.29, 1.82) is 0 Å². The maximum atomic E-state index is 12.3. The molecular formula is C20H26Cl2N4O2. The number of piperidine rings is 1. The Labute approximate surface area is 177 Å². The molecule has 0 aliphatic carbocycles. The van der Waals surface area contributed by atoms with Crippen molar-refractivity contribution in [3.8, 4) is 0 Å². The average molecular weight is 425 g/mol. The number of carbonyl (C=O) groups is 2. The Morgan fingerprint density at radius 1 is 1.07 bits per heavy atom. The van der Waals surface area contributed by atoms with Crippen LogP contribution in [0, 0.1) is 5.92 Å². The number of hydrogen-bond acceptors (Lipinski definition) is 4. The maximum Gasteiger partial charge on any atom is 0.257 e. The molecule has 6 nitrogen and oxygen atoms in total. The third kappa shape index (κ3) is 6.12. The molecule has 1 aliphatic rings. The second kappa shape index (κ2) is 10.9. The number of para-hydroxylation sites is 1. The number of rotatable bonds is 5. The van der Waals surface area contributed by atoms with Crippen molar-refractivity contribution in [2.45, 2.75) is 19.4 Å². The van der Waals surface area contributed by atoms with Crippen molar-refractivity contribution < 1.29 is 9.59 Å². The summed E-state index contributed by atoms with van der Waals surface area (Å²) in [4.78, 5) is 25.9. The van der Waals surface area contributed by atoms with Crippen LogP contribution in [0.4, 0.5) is 11.4 Å². The number of nitrogens with two attached hydrogens (primary N) is 2. The monoisotopic (exact) mass is 424 g/mol. The Morgan fingerprint density at radius 3 is 2.39 bits per heavy atom. The van der Waals surface area contributed by atoms with Crippen LogP contribution in [0.5, 0.6) is 0 Å². The zero-order valence-corrected chi connectivity index (χ0v) is 17.1. The fraction of sp³-hybridized carbons (Fsp3) is 0.300. The van der Waals surface area contributed by atoms with Crippen LogP contribution in [-0.4, -0.2) is 29.8 Å². The minimum absolute atomic E-state index is 0. The Kier molecular flexibility index (Phi) is 9.25. The zero-order valence-electron chi connectivity index (χ0n) is 15.5. The second-order valence-electron chi connectivity index (χ2n) is 6.71. The predicted octanol–water partition coefficient (Wildman–Crippen LogP) is 3.06. The summed E-state index contributed by atoms with van der Waals surface area (Å²) < 4.78 is 0. The van der Waals surface area contributed by atoms with E-state index < -0.39 is 0 Å². The lowest BCUT2D eigenvalue weighted by atomic mass is 9.97. The Hall–Kier alpha value is -2.28. The van der Waals surface area contributed by atoms with Gasteiger partial charge in [0.25, 0.3) is 5.91 Å². The van der Waals surface area contributed by atoms with Gasteiger partial charge in [-0.1, -0.05) is 24.3 Å². The SMILES string of the molecule is Cl.Cl.NC(=O)C1CCCN(Cc2ccc(NC(=O)c3ccccc3N)cc2)C1. The molecule has 2 aromatic rings. The van der Waals surface area contributed by atoms with E-state index in [0.29, 0.717) is 17.8 Å². The molecule has 1 saturated heterocycles. The maximum absolute atomic E-state index is 12.3. The van der Waals surface area contributed by atoms with Crippen LogP contribution in [0.25, 0.3) is 0 Å². The van der Waals surface area contributed by atoms with E-state index in [1.807, 2.05) is 24.3 Å². The number of hydrogen-bond donors (Lipinski definition) is 3. The number of primary amides is 1. The fourth-order valence-corrected chi connectivity index (χ4v) is 3.29. The molecule has 0 saturated carbocycles. The van der Waals surface area contributed by atoms with Crippen molar-refractivity contribution in [3.63, 3.8) is 0 Å². The van der Waals surface area contributed by atoms with Gasteiger partial charge in [0.05, 0.1) is 11.5 Å². The summed E-state index contributed by atoms with van der Waals surface area (Å²) in [6, 6.07) is 14.7. The summed E-state index contributed by atoms with van der Waals surface area (Å²) in [5.41, 5.74) is 14.0. The molecule has 28 heavy (non-hydrogen) atoms. The first kappa shape index (κ1) is 23.8. The van der Waals surface area contributed by atoms with E-state index in [2.05, 4.69) is 10.2 Å². The van der Waals surface area contributed by atoms with Gasteiger partial charge >= 0.3 is 0 Å². The molecule has 5 N–H and O–H groups in total. The van der Waals surface area contributed by atoms with Gasteiger partial charge in [-0.2, -0.15) is 0 Å². The minimum atomic E-state index is -0.226. The molecule has 0 bridgehead atoms. The summed E-state index contributed by atoms with van der Waals surface area (Å²) in [6.07, 6.45) is 1.86. The fourth-order valence-electron chi connectivity index (χ4n) is 3.29. The van der Waals surface area contributed by atoms with Gasteiger partial charge in [0.1, 0.15) is 0 Å². The largest absolute Gasteiger partial charge is 0.398 e. The summed E-state index contributed by atoms with van der Waals surface area (Å²) in [5, 5.41) is 2.86. The van der Waals surface area contributed by atoms with Gasteiger partial charge in [0.2, 0.25) is 5.91 Å². The molecule has 2 amide bonds. The van der Waals surface area contributed by atoms with Gasteiger partial charge < -0.3 is 16.8 Å². The number of benzene rings is 2. The Morgan fingerprint density at radius 2 is 1.75 bits per heavy atom. The van der Waals surface area contributed by atoms with Crippen molar-refractivity contribution in [2.24, 2.45) is 11.7 Å². The van der Waals surface area contributed by atoms with Crippen molar-refractivity contribution in [3.05, 3.63) is 59.7 Å². The van der Waals surface area contributed by atoms with Crippen LogP contribution in [0.3, 0.4) is 0 Å². The van der Waals surface area contributed by atoms with Crippen LogP contribution >= 0.6 is 24.8 Å². The summed E-state index contributed by atoms with van der Waals surface area (Å²) in [7, 11) is 0. The topological polar surface area (TPSA) is 101 Å². The normalized spacial score (nSPS) is 16.4. The molecule has 3 rings (SSSR count). The molecular weight excluding hydrogens is 399 g/mol. The molecule has 1 fully saturated rings. The number of likely N-dealkylation sites (tertiary alicyclic amines) is 1. The molecule has 1 heterocycles. The van der Waals surface area contributed by atoms with Gasteiger partial charge in [-0.15, -0.1) is 24.8 Å². The number of halogens is 2. The predicted molar refractivity (Wildman–Crippen MR) is 117 cm³/mol. The van der Waals surface area contributed by atoms with Gasteiger partial charge in [0.15, 0.2) is 0 Å². The van der Waals surface area contributed by atoms with E-state index in [9.17, 15) is 9.59 Å². The average Bonchev–Trinajstić information content (AvgIpc) is 2.64. The number of anilines is 2. The Bertz CT molecular complexity index is 799. The van der Waals surface area contributed by atoms with Crippen LogP contribution in [0.1, 0.15) is 28.8 Å². The Balaban J connectivity index is 0.00000196. The van der Waals surface area contributed by atoms with Gasteiger partial charge in [0, 0.05) is 24.5 Å². The highest BCUT2D eigenvalue weighted by Crippen LogP contribution is 2.20. The van der Waals surface area contributed by atoms with E-state index in [1.165, 1.54) is 0 Å². The van der Waals surface area contributed by atoms with Gasteiger partial charge in [-0.25, -0.2) is 0 Å². The van der Waals surface area contributed by atoms with Gasteiger partial charge in [-0.3, -0.25) is 14.5 Å². The molecule has 8 heteroatoms. The van der Waals surface area contributed by atoms with Crippen molar-refractivity contribution in [2.75, 3.05) is 24.1 Å². The van der Waals surface area contributed by atoms with Crippen LogP contribution in [-0.2, 0) is 11.3 Å². The highest BCUT2D eigenvalue weighted by Gasteiger charge is 2.23. The zero-order chi connectivity index (χ0) is 18.5. The molecule has 0 spiro atoms. The van der Waals surface area contributed by atoms with E-state index in [-0.39, 0.29) is 42.5 Å². The molecule has 0 radical (unpaired) electrons. The molecule has 2 aromatic carbocycles. The molecule has 1 atom stereocenters. The lowest BCUT2D eigenvalue weighted by molar-refractivity contribution is -0.123. The smallest absolute Gasteiger partial charge is 0.257 e. The first-order valence-corrected chi connectivity index (χ1v) is 8.79. The highest BCUT2D eigenvalue weighted by molar-refractivity contribution is 6.07.